The second kappa shape index (κ2) is 11.6. The minimum Gasteiger partial charge on any atom is -0.477 e. The first-order valence-corrected chi connectivity index (χ1v) is 16.4. The number of ether oxygens (including phenoxy) is 1. The number of aromatic nitrogens is 1. The molecule has 2 aromatic rings. The molecule has 0 radical (unpaired) electrons. The number of hydrogen-bond acceptors (Lipinski definition) is 8. The fraction of sp³-hybridized carbons (Fsp3) is 0.480. The maximum absolute atomic E-state index is 13.1. The van der Waals surface area contributed by atoms with Gasteiger partial charge in [-0.05, 0) is 50.4 Å². The van der Waals surface area contributed by atoms with E-state index in [1.165, 1.54) is 6.20 Å². The normalized spacial score (nSPS) is 16.5. The van der Waals surface area contributed by atoms with Crippen molar-refractivity contribution >= 4 is 49.4 Å². The van der Waals surface area contributed by atoms with Crippen LogP contribution in [0.25, 0.3) is 16.5 Å². The number of pyridine rings is 1. The largest absolute Gasteiger partial charge is 0.477 e. The molecule has 1 saturated carbocycles. The smallest absolute Gasteiger partial charge is 0.411 e. The molecule has 1 saturated heterocycles. The zero-order valence-electron chi connectivity index (χ0n) is 22.9. The summed E-state index contributed by atoms with van der Waals surface area (Å²) in [6.45, 7) is 5.95. The highest BCUT2D eigenvalue weighted by Crippen LogP contribution is 2.71. The summed E-state index contributed by atoms with van der Waals surface area (Å²) in [6.07, 6.45) is 0.692. The molecule has 7 N–H and O–H groups in total. The van der Waals surface area contributed by atoms with Crippen LogP contribution in [-0.2, 0) is 13.9 Å². The number of benzene rings is 1. The fourth-order valence-electron chi connectivity index (χ4n) is 5.09. The van der Waals surface area contributed by atoms with E-state index < -0.39 is 44.2 Å². The van der Waals surface area contributed by atoms with E-state index in [0.717, 1.165) is 17.7 Å². The van der Waals surface area contributed by atoms with E-state index in [4.69, 9.17) is 10.5 Å². The molecule has 2 heterocycles. The van der Waals surface area contributed by atoms with Gasteiger partial charge in [-0.2, -0.15) is 0 Å². The van der Waals surface area contributed by atoms with Crippen molar-refractivity contribution in [2.75, 3.05) is 37.6 Å². The third-order valence-corrected chi connectivity index (χ3v) is 11.5. The summed E-state index contributed by atoms with van der Waals surface area (Å²) in [6, 6.07) is 3.47. The zero-order valence-corrected chi connectivity index (χ0v) is 24.7. The Bertz CT molecular complexity index is 1560. The van der Waals surface area contributed by atoms with E-state index in [9.17, 15) is 48.2 Å². The number of carbonyl (C=O) groups excluding carboxylic acids is 1. The molecule has 2 aliphatic rings. The van der Waals surface area contributed by atoms with Gasteiger partial charge in [-0.15, -0.1) is 0 Å². The van der Waals surface area contributed by atoms with Crippen molar-refractivity contribution in [3.8, 4) is 0 Å². The fourth-order valence-corrected chi connectivity index (χ4v) is 7.74. The second-order valence-corrected chi connectivity index (χ2v) is 14.5. The maximum atomic E-state index is 13.1. The number of fused-ring (bicyclic) bond motifs is 1. The van der Waals surface area contributed by atoms with Crippen LogP contribution in [0.3, 0.4) is 0 Å². The van der Waals surface area contributed by atoms with E-state index in [2.05, 4.69) is 6.58 Å². The molecule has 1 aliphatic carbocycles. The van der Waals surface area contributed by atoms with Gasteiger partial charge in [0.05, 0.1) is 5.52 Å². The second-order valence-electron chi connectivity index (χ2n) is 10.5. The first-order chi connectivity index (χ1) is 19.5. The molecular weight excluding hydrogens is 594 g/mol. The molecule has 0 spiro atoms. The van der Waals surface area contributed by atoms with E-state index in [1.807, 2.05) is 4.90 Å². The summed E-state index contributed by atoms with van der Waals surface area (Å²) in [5, 5.41) is 6.47. The topological polar surface area (TPSA) is 233 Å². The van der Waals surface area contributed by atoms with E-state index in [1.54, 1.807) is 23.6 Å². The van der Waals surface area contributed by atoms with Crippen LogP contribution < -0.4 is 16.1 Å². The van der Waals surface area contributed by atoms with Crippen LogP contribution in [0, 0.1) is 0 Å². The van der Waals surface area contributed by atoms with Crippen LogP contribution in [0.15, 0.2) is 29.7 Å². The first kappa shape index (κ1) is 31.9. The van der Waals surface area contributed by atoms with Gasteiger partial charge in [0.1, 0.15) is 5.56 Å². The van der Waals surface area contributed by atoms with Crippen molar-refractivity contribution < 1.29 is 48.1 Å². The summed E-state index contributed by atoms with van der Waals surface area (Å²) in [4.78, 5) is 80.2. The summed E-state index contributed by atoms with van der Waals surface area (Å²) < 4.78 is 31.2. The molecule has 0 atom stereocenters. The molecule has 4 rings (SSSR count). The van der Waals surface area contributed by atoms with Crippen LogP contribution >= 0.6 is 15.2 Å². The lowest BCUT2D eigenvalue weighted by Gasteiger charge is -2.39. The molecule has 1 amide bonds. The lowest BCUT2D eigenvalue weighted by Crippen LogP contribution is -2.51. The Kier molecular flexibility index (Phi) is 8.79. The number of carboxylic acids is 1. The Morgan fingerprint density at radius 2 is 1.67 bits per heavy atom. The first-order valence-electron chi connectivity index (χ1n) is 13.2. The molecule has 2 fully saturated rings. The van der Waals surface area contributed by atoms with Crippen molar-refractivity contribution in [1.29, 1.82) is 0 Å². The van der Waals surface area contributed by atoms with Crippen molar-refractivity contribution in [3.05, 3.63) is 46.3 Å². The van der Waals surface area contributed by atoms with Crippen LogP contribution in [0.1, 0.15) is 54.6 Å². The van der Waals surface area contributed by atoms with E-state index >= 15 is 0 Å². The lowest BCUT2D eigenvalue weighted by molar-refractivity contribution is 0.0446. The highest BCUT2D eigenvalue weighted by atomic mass is 31.2. The summed E-state index contributed by atoms with van der Waals surface area (Å²) in [5.41, 5.74) is 6.90. The molecule has 1 aliphatic heterocycles. The van der Waals surface area contributed by atoms with Gasteiger partial charge in [0, 0.05) is 61.5 Å². The number of anilines is 1. The van der Waals surface area contributed by atoms with Gasteiger partial charge < -0.3 is 49.5 Å². The molecule has 15 nitrogen and oxygen atoms in total. The maximum Gasteiger partial charge on any atom is 0.411 e. The Morgan fingerprint density at radius 1 is 1.07 bits per heavy atom. The lowest BCUT2D eigenvalue weighted by atomic mass is 10.00. The number of allylic oxidation sites excluding steroid dienone is 1. The Hall–Kier alpha value is -3.03. The Balaban J connectivity index is 1.64. The summed E-state index contributed by atoms with van der Waals surface area (Å²) >= 11 is 0. The SMILES string of the molecule is C=C(C)c1cc2c(=O)c(C(=O)O)cn(C3CC3)c2cc1N1CCN(C(=O)OC(CCCN)(P(=O)(O)O)P(=O)(O)O)CC1. The number of carbonyl (C=O) groups is 2. The zero-order chi connectivity index (χ0) is 31.2. The summed E-state index contributed by atoms with van der Waals surface area (Å²) in [5.74, 6) is -1.31. The predicted molar refractivity (Wildman–Crippen MR) is 154 cm³/mol. The monoisotopic (exact) mass is 628 g/mol. The van der Waals surface area contributed by atoms with Crippen molar-refractivity contribution in [2.24, 2.45) is 5.73 Å². The van der Waals surface area contributed by atoms with Gasteiger partial charge in [-0.1, -0.05) is 6.58 Å². The van der Waals surface area contributed by atoms with Gasteiger partial charge >= 0.3 is 32.3 Å². The average Bonchev–Trinajstić information content (AvgIpc) is 3.74. The van der Waals surface area contributed by atoms with Crippen LogP contribution in [-0.4, -0.2) is 84.0 Å². The number of piperazine rings is 1. The quantitative estimate of drug-likeness (QED) is 0.207. The van der Waals surface area contributed by atoms with E-state index in [0.29, 0.717) is 22.3 Å². The van der Waals surface area contributed by atoms with Gasteiger partial charge in [-0.25, -0.2) is 9.59 Å². The van der Waals surface area contributed by atoms with Gasteiger partial charge in [-0.3, -0.25) is 13.9 Å². The van der Waals surface area contributed by atoms with Crippen molar-refractivity contribution in [3.63, 3.8) is 0 Å². The average molecular weight is 629 g/mol. The van der Waals surface area contributed by atoms with Crippen molar-refractivity contribution in [1.82, 2.24) is 9.47 Å². The third-order valence-electron chi connectivity index (χ3n) is 7.53. The minimum atomic E-state index is -5.66. The third kappa shape index (κ3) is 5.91. The minimum absolute atomic E-state index is 0.0187. The number of nitrogens with zero attached hydrogens (tertiary/aromatic N) is 3. The van der Waals surface area contributed by atoms with E-state index in [-0.39, 0.29) is 56.1 Å². The molecule has 230 valence electrons. The number of rotatable bonds is 10. The molecule has 17 heteroatoms. The predicted octanol–water partition coefficient (Wildman–Crippen LogP) is 2.07. The van der Waals surface area contributed by atoms with Crippen molar-refractivity contribution in [2.45, 2.75) is 43.7 Å². The standard InChI is InChI=1S/C25H34N4O11P2/c1-15(2)17-12-18-21(29(16-4-5-16)14-19(22(18)30)23(31)32)13-20(17)27-8-10-28(11-9-27)24(33)40-25(6-3-7-26,41(34,35)36)42(37,38)39/h12-14,16H,1,3-11,26H2,2H3,(H,31,32)(H2,34,35,36)(H2,37,38,39). The van der Waals surface area contributed by atoms with Crippen LogP contribution in [0.4, 0.5) is 10.5 Å². The Morgan fingerprint density at radius 3 is 2.14 bits per heavy atom. The molecule has 42 heavy (non-hydrogen) atoms. The number of carboxylic acid groups (broad SMARTS) is 1. The molecule has 0 unspecified atom stereocenters. The number of amides is 1. The van der Waals surface area contributed by atoms with Crippen LogP contribution in [0.5, 0.6) is 0 Å². The number of hydrogen-bond donors (Lipinski definition) is 6. The molecular formula is C25H34N4O11P2. The van der Waals surface area contributed by atoms with Crippen LogP contribution in [0.2, 0.25) is 0 Å². The molecule has 1 aromatic heterocycles. The summed E-state index contributed by atoms with van der Waals surface area (Å²) in [7, 11) is -11.3. The number of aromatic carboxylic acids is 1. The number of nitrogens with two attached hydrogens (primary N) is 1. The highest BCUT2D eigenvalue weighted by molar-refractivity contribution is 7.72. The molecule has 1 aromatic carbocycles. The van der Waals surface area contributed by atoms with Gasteiger partial charge in [0.2, 0.25) is 5.43 Å². The van der Waals surface area contributed by atoms with Gasteiger partial charge in [0.15, 0.2) is 0 Å². The van der Waals surface area contributed by atoms with Gasteiger partial charge in [0.25, 0.3) is 0 Å². The Labute approximate surface area is 240 Å². The molecule has 0 bridgehead atoms. The highest BCUT2D eigenvalue weighted by Gasteiger charge is 2.64.